The number of piperazine rings is 1. The van der Waals surface area contributed by atoms with E-state index in [0.717, 1.165) is 24.5 Å². The van der Waals surface area contributed by atoms with Gasteiger partial charge in [0.1, 0.15) is 5.75 Å². The van der Waals surface area contributed by atoms with Crippen LogP contribution < -0.4 is 15.0 Å². The molecule has 0 bridgehead atoms. The van der Waals surface area contributed by atoms with E-state index in [1.807, 2.05) is 38.1 Å². The van der Waals surface area contributed by atoms with E-state index >= 15 is 0 Å². The van der Waals surface area contributed by atoms with Gasteiger partial charge in [-0.15, -0.1) is 0 Å². The van der Waals surface area contributed by atoms with Crippen molar-refractivity contribution in [3.05, 3.63) is 24.3 Å². The average Bonchev–Trinajstić information content (AvgIpc) is 2.63. The first-order valence-electron chi connectivity index (χ1n) is 8.85. The second kappa shape index (κ2) is 9.27. The lowest BCUT2D eigenvalue weighted by molar-refractivity contribution is -0.917. The number of anilines is 1. The summed E-state index contributed by atoms with van der Waals surface area (Å²) >= 11 is 0. The SMILES string of the molecule is CCOC(=O)N1CC[NH+]([C@H](C)C(=O)Nc2ccc(OCC)cc2)CC1. The van der Waals surface area contributed by atoms with Crippen molar-refractivity contribution >= 4 is 17.7 Å². The summed E-state index contributed by atoms with van der Waals surface area (Å²) in [5.41, 5.74) is 0.755. The molecule has 0 aliphatic carbocycles. The highest BCUT2D eigenvalue weighted by atomic mass is 16.6. The zero-order valence-corrected chi connectivity index (χ0v) is 15.2. The third-order valence-electron chi connectivity index (χ3n) is 4.37. The first-order chi connectivity index (χ1) is 12.0. The molecule has 1 fully saturated rings. The van der Waals surface area contributed by atoms with E-state index < -0.39 is 0 Å². The predicted octanol–water partition coefficient (Wildman–Crippen LogP) is 0.769. The van der Waals surface area contributed by atoms with Crippen molar-refractivity contribution in [3.8, 4) is 5.75 Å². The lowest BCUT2D eigenvalue weighted by Crippen LogP contribution is -3.19. The van der Waals surface area contributed by atoms with Crippen LogP contribution in [0.15, 0.2) is 24.3 Å². The maximum Gasteiger partial charge on any atom is 0.410 e. The Kier molecular flexibility index (Phi) is 7.06. The summed E-state index contributed by atoms with van der Waals surface area (Å²) in [5.74, 6) is 0.762. The van der Waals surface area contributed by atoms with Crippen molar-refractivity contribution in [1.82, 2.24) is 4.90 Å². The van der Waals surface area contributed by atoms with Crippen LogP contribution in [0, 0.1) is 0 Å². The summed E-state index contributed by atoms with van der Waals surface area (Å²) < 4.78 is 10.4. The van der Waals surface area contributed by atoms with Crippen LogP contribution in [-0.2, 0) is 9.53 Å². The average molecular weight is 350 g/mol. The van der Waals surface area contributed by atoms with Crippen molar-refractivity contribution in [3.63, 3.8) is 0 Å². The van der Waals surface area contributed by atoms with Crippen LogP contribution in [0.25, 0.3) is 0 Å². The highest BCUT2D eigenvalue weighted by molar-refractivity contribution is 5.93. The summed E-state index contributed by atoms with van der Waals surface area (Å²) in [7, 11) is 0. The number of hydrogen-bond donors (Lipinski definition) is 2. The molecular weight excluding hydrogens is 322 g/mol. The first kappa shape index (κ1) is 19.1. The third-order valence-corrected chi connectivity index (χ3v) is 4.37. The molecule has 0 unspecified atom stereocenters. The largest absolute Gasteiger partial charge is 0.494 e. The van der Waals surface area contributed by atoms with E-state index in [0.29, 0.717) is 26.3 Å². The van der Waals surface area contributed by atoms with Crippen molar-refractivity contribution < 1.29 is 24.0 Å². The number of carbonyl (C=O) groups excluding carboxylic acids is 2. The van der Waals surface area contributed by atoms with Gasteiger partial charge in [-0.3, -0.25) is 9.69 Å². The Morgan fingerprint density at radius 1 is 1.16 bits per heavy atom. The Morgan fingerprint density at radius 3 is 2.36 bits per heavy atom. The molecular formula is C18H28N3O4+. The maximum atomic E-state index is 12.5. The van der Waals surface area contributed by atoms with Gasteiger partial charge in [-0.2, -0.15) is 0 Å². The summed E-state index contributed by atoms with van der Waals surface area (Å²) in [6.07, 6.45) is -0.270. The van der Waals surface area contributed by atoms with Gasteiger partial charge in [0, 0.05) is 5.69 Å². The Hall–Kier alpha value is -2.28. The van der Waals surface area contributed by atoms with E-state index in [2.05, 4.69) is 5.32 Å². The molecule has 1 aliphatic rings. The van der Waals surface area contributed by atoms with Gasteiger partial charge < -0.3 is 19.7 Å². The van der Waals surface area contributed by atoms with Crippen molar-refractivity contribution in [2.24, 2.45) is 0 Å². The Morgan fingerprint density at radius 2 is 1.80 bits per heavy atom. The second-order valence-corrected chi connectivity index (χ2v) is 6.01. The number of quaternary nitrogens is 1. The Balaban J connectivity index is 1.83. The van der Waals surface area contributed by atoms with Gasteiger partial charge in [0.2, 0.25) is 0 Å². The minimum atomic E-state index is -0.270. The molecule has 0 aromatic heterocycles. The van der Waals surface area contributed by atoms with E-state index in [9.17, 15) is 9.59 Å². The van der Waals surface area contributed by atoms with Gasteiger partial charge in [-0.1, -0.05) is 0 Å². The molecule has 0 radical (unpaired) electrons. The molecule has 1 aromatic carbocycles. The van der Waals surface area contributed by atoms with Crippen LogP contribution in [0.3, 0.4) is 0 Å². The molecule has 25 heavy (non-hydrogen) atoms. The van der Waals surface area contributed by atoms with Crippen LogP contribution >= 0.6 is 0 Å². The molecule has 1 heterocycles. The van der Waals surface area contributed by atoms with E-state index in [4.69, 9.17) is 9.47 Å². The zero-order valence-electron chi connectivity index (χ0n) is 15.2. The number of hydrogen-bond acceptors (Lipinski definition) is 4. The Labute approximate surface area is 148 Å². The minimum Gasteiger partial charge on any atom is -0.494 e. The van der Waals surface area contributed by atoms with Crippen LogP contribution in [0.2, 0.25) is 0 Å². The van der Waals surface area contributed by atoms with E-state index in [1.54, 1.807) is 11.8 Å². The summed E-state index contributed by atoms with van der Waals surface area (Å²) in [6, 6.07) is 7.17. The summed E-state index contributed by atoms with van der Waals surface area (Å²) in [6.45, 7) is 9.32. The fourth-order valence-electron chi connectivity index (χ4n) is 2.86. The van der Waals surface area contributed by atoms with Crippen LogP contribution in [0.1, 0.15) is 20.8 Å². The van der Waals surface area contributed by atoms with Gasteiger partial charge in [-0.05, 0) is 45.0 Å². The normalized spacial score (nSPS) is 16.2. The first-order valence-corrected chi connectivity index (χ1v) is 8.85. The van der Waals surface area contributed by atoms with Gasteiger partial charge in [-0.25, -0.2) is 4.79 Å². The highest BCUT2D eigenvalue weighted by Crippen LogP contribution is 2.15. The molecule has 2 rings (SSSR count). The van der Waals surface area contributed by atoms with Crippen molar-refractivity contribution in [1.29, 1.82) is 0 Å². The number of rotatable bonds is 6. The topological polar surface area (TPSA) is 72.3 Å². The highest BCUT2D eigenvalue weighted by Gasteiger charge is 2.31. The smallest absolute Gasteiger partial charge is 0.410 e. The second-order valence-electron chi connectivity index (χ2n) is 6.01. The fourth-order valence-corrected chi connectivity index (χ4v) is 2.86. The van der Waals surface area contributed by atoms with E-state index in [1.165, 1.54) is 4.90 Å². The van der Waals surface area contributed by atoms with Gasteiger partial charge >= 0.3 is 6.09 Å². The van der Waals surface area contributed by atoms with Gasteiger partial charge in [0.15, 0.2) is 6.04 Å². The molecule has 1 atom stereocenters. The minimum absolute atomic E-state index is 0.0243. The predicted molar refractivity (Wildman–Crippen MR) is 95.0 cm³/mol. The molecule has 1 saturated heterocycles. The maximum absolute atomic E-state index is 12.5. The van der Waals surface area contributed by atoms with Crippen LogP contribution in [0.4, 0.5) is 10.5 Å². The number of nitrogens with one attached hydrogen (secondary N) is 2. The number of carbonyl (C=O) groups is 2. The van der Waals surface area contributed by atoms with Crippen molar-refractivity contribution in [2.45, 2.75) is 26.8 Å². The molecule has 1 aromatic rings. The van der Waals surface area contributed by atoms with Gasteiger partial charge in [0.05, 0.1) is 39.4 Å². The number of benzene rings is 1. The van der Waals surface area contributed by atoms with Crippen molar-refractivity contribution in [2.75, 3.05) is 44.7 Å². The lowest BCUT2D eigenvalue weighted by atomic mass is 10.2. The zero-order chi connectivity index (χ0) is 18.2. The summed E-state index contributed by atoms with van der Waals surface area (Å²) in [4.78, 5) is 27.1. The monoisotopic (exact) mass is 350 g/mol. The van der Waals surface area contributed by atoms with E-state index in [-0.39, 0.29) is 18.0 Å². The van der Waals surface area contributed by atoms with Gasteiger partial charge in [0.25, 0.3) is 5.91 Å². The lowest BCUT2D eigenvalue weighted by Gasteiger charge is -2.34. The standard InChI is InChI=1S/C18H27N3O4/c1-4-24-16-8-6-15(7-9-16)19-17(22)14(3)20-10-12-21(13-11-20)18(23)25-5-2/h6-9,14H,4-5,10-13H2,1-3H3,(H,19,22)/p+1/t14-/m1/s1. The molecule has 2 N–H and O–H groups in total. The molecule has 7 heteroatoms. The molecule has 0 saturated carbocycles. The number of ether oxygens (including phenoxy) is 2. The number of amides is 2. The van der Waals surface area contributed by atoms with Crippen LogP contribution in [0.5, 0.6) is 5.75 Å². The molecule has 138 valence electrons. The number of nitrogens with zero attached hydrogens (tertiary/aromatic N) is 1. The van der Waals surface area contributed by atoms with Crippen LogP contribution in [-0.4, -0.2) is 62.3 Å². The third kappa shape index (κ3) is 5.35. The fraction of sp³-hybridized carbons (Fsp3) is 0.556. The molecule has 2 amide bonds. The summed E-state index contributed by atoms with van der Waals surface area (Å²) in [5, 5.41) is 2.94. The molecule has 0 spiro atoms. The molecule has 7 nitrogen and oxygen atoms in total. The Bertz CT molecular complexity index is 568. The molecule has 1 aliphatic heterocycles. The quantitative estimate of drug-likeness (QED) is 0.795.